The lowest BCUT2D eigenvalue weighted by atomic mass is 9.91. The van der Waals surface area contributed by atoms with Gasteiger partial charge in [-0.3, -0.25) is 0 Å². The van der Waals surface area contributed by atoms with Gasteiger partial charge < -0.3 is 19.4 Å². The van der Waals surface area contributed by atoms with Crippen LogP contribution < -0.4 is 19.1 Å². The molecule has 3 aromatic carbocycles. The largest absolute Gasteiger partial charge is 0.493 e. The van der Waals surface area contributed by atoms with Gasteiger partial charge >= 0.3 is 0 Å². The third-order valence-electron chi connectivity index (χ3n) is 5.95. The average molecular weight is 480 g/mol. The smallest absolute Gasteiger partial charge is 0.240 e. The molecule has 34 heavy (non-hydrogen) atoms. The van der Waals surface area contributed by atoms with E-state index in [1.807, 2.05) is 73.7 Å². The number of sulfonamides is 1. The minimum atomic E-state index is -3.79. The Kier molecular flexibility index (Phi) is 6.81. The highest BCUT2D eigenvalue weighted by Crippen LogP contribution is 2.33. The van der Waals surface area contributed by atoms with E-state index in [1.165, 1.54) is 26.4 Å². The van der Waals surface area contributed by atoms with Gasteiger partial charge in [0.1, 0.15) is 0 Å². The van der Waals surface area contributed by atoms with Crippen LogP contribution in [-0.2, 0) is 10.0 Å². The number of H-pyrrole nitrogens is 1. The van der Waals surface area contributed by atoms with E-state index >= 15 is 0 Å². The lowest BCUT2D eigenvalue weighted by molar-refractivity contribution is 0.354. The molecule has 1 heterocycles. The second-order valence-electron chi connectivity index (χ2n) is 8.20. The van der Waals surface area contributed by atoms with Crippen LogP contribution in [0.2, 0.25) is 0 Å². The zero-order valence-corrected chi connectivity index (χ0v) is 20.5. The summed E-state index contributed by atoms with van der Waals surface area (Å²) in [7, 11) is 3.18. The van der Waals surface area contributed by atoms with E-state index in [0.29, 0.717) is 11.5 Å². The summed E-state index contributed by atoms with van der Waals surface area (Å²) in [6.07, 6.45) is 1.96. The van der Waals surface area contributed by atoms with Crippen molar-refractivity contribution in [3.05, 3.63) is 84.1 Å². The predicted octanol–water partition coefficient (Wildman–Crippen LogP) is 4.36. The average Bonchev–Trinajstić information content (AvgIpc) is 3.28. The second-order valence-corrected chi connectivity index (χ2v) is 9.96. The monoisotopic (exact) mass is 479 g/mol. The molecule has 4 rings (SSSR count). The number of anilines is 1. The number of para-hydroxylation sites is 1. The minimum absolute atomic E-state index is 0.116. The molecule has 1 aromatic heterocycles. The molecule has 8 heteroatoms. The molecule has 0 unspecified atom stereocenters. The number of methoxy groups -OCH3 is 2. The number of hydrogen-bond donors (Lipinski definition) is 2. The standard InChI is InChI=1S/C26H29N3O4S/c1-29(2)19-11-9-18(10-12-19)22(23-16-27-24-8-6-5-7-21(23)24)17-28-34(30,31)20-13-14-25(32-3)26(15-20)33-4/h5-16,22,27-28H,17H2,1-4H3/t22-/m1/s1. The zero-order valence-electron chi connectivity index (χ0n) is 19.7. The first kappa shape index (κ1) is 23.7. The van der Waals surface area contributed by atoms with Crippen LogP contribution in [0.4, 0.5) is 5.69 Å². The second kappa shape index (κ2) is 9.79. The van der Waals surface area contributed by atoms with E-state index in [9.17, 15) is 8.42 Å². The molecule has 0 spiro atoms. The van der Waals surface area contributed by atoms with Crippen LogP contribution in [0.3, 0.4) is 0 Å². The van der Waals surface area contributed by atoms with Gasteiger partial charge in [-0.05, 0) is 41.5 Å². The summed E-state index contributed by atoms with van der Waals surface area (Å²) in [6, 6.07) is 20.8. The van der Waals surface area contributed by atoms with Gasteiger partial charge in [0, 0.05) is 55.4 Å². The van der Waals surface area contributed by atoms with Crippen molar-refractivity contribution in [2.45, 2.75) is 10.8 Å². The van der Waals surface area contributed by atoms with Gasteiger partial charge in [0.15, 0.2) is 11.5 Å². The first-order valence-electron chi connectivity index (χ1n) is 10.9. The Morgan fingerprint density at radius 2 is 1.65 bits per heavy atom. The van der Waals surface area contributed by atoms with Gasteiger partial charge in [-0.25, -0.2) is 13.1 Å². The van der Waals surface area contributed by atoms with E-state index in [4.69, 9.17) is 9.47 Å². The van der Waals surface area contributed by atoms with Crippen molar-refractivity contribution in [3.8, 4) is 11.5 Å². The first-order chi connectivity index (χ1) is 16.3. The fraction of sp³-hybridized carbons (Fsp3) is 0.231. The third-order valence-corrected chi connectivity index (χ3v) is 7.37. The van der Waals surface area contributed by atoms with Crippen LogP contribution in [-0.4, -0.2) is 48.3 Å². The fourth-order valence-electron chi connectivity index (χ4n) is 4.05. The van der Waals surface area contributed by atoms with Crippen LogP contribution in [0, 0.1) is 0 Å². The highest BCUT2D eigenvalue weighted by atomic mass is 32.2. The van der Waals surface area contributed by atoms with Crippen molar-refractivity contribution in [1.29, 1.82) is 0 Å². The van der Waals surface area contributed by atoms with E-state index in [1.54, 1.807) is 6.07 Å². The summed E-state index contributed by atoms with van der Waals surface area (Å²) in [5, 5.41) is 1.06. The van der Waals surface area contributed by atoms with E-state index in [-0.39, 0.29) is 17.4 Å². The number of fused-ring (bicyclic) bond motifs is 1. The molecule has 1 atom stereocenters. The van der Waals surface area contributed by atoms with Gasteiger partial charge in [-0.2, -0.15) is 0 Å². The Bertz CT molecular complexity index is 1380. The van der Waals surface area contributed by atoms with Crippen molar-refractivity contribution in [2.24, 2.45) is 0 Å². The molecule has 2 N–H and O–H groups in total. The van der Waals surface area contributed by atoms with Crippen molar-refractivity contribution in [1.82, 2.24) is 9.71 Å². The number of benzene rings is 3. The maximum Gasteiger partial charge on any atom is 0.240 e. The number of ether oxygens (including phenoxy) is 2. The number of aromatic amines is 1. The molecule has 0 aliphatic carbocycles. The Balaban J connectivity index is 1.69. The summed E-state index contributed by atoms with van der Waals surface area (Å²) in [5.74, 6) is 0.638. The summed E-state index contributed by atoms with van der Waals surface area (Å²) < 4.78 is 39.7. The van der Waals surface area contributed by atoms with Crippen molar-refractivity contribution < 1.29 is 17.9 Å². The maximum absolute atomic E-state index is 13.2. The molecular weight excluding hydrogens is 450 g/mol. The summed E-state index contributed by atoms with van der Waals surface area (Å²) in [6.45, 7) is 0.194. The zero-order chi connectivity index (χ0) is 24.3. The van der Waals surface area contributed by atoms with Crippen LogP contribution >= 0.6 is 0 Å². The highest BCUT2D eigenvalue weighted by molar-refractivity contribution is 7.89. The summed E-state index contributed by atoms with van der Waals surface area (Å²) in [4.78, 5) is 5.46. The number of aromatic nitrogens is 1. The van der Waals surface area contributed by atoms with E-state index in [0.717, 1.165) is 27.7 Å². The highest BCUT2D eigenvalue weighted by Gasteiger charge is 2.23. The van der Waals surface area contributed by atoms with Gasteiger partial charge in [0.2, 0.25) is 10.0 Å². The minimum Gasteiger partial charge on any atom is -0.493 e. The first-order valence-corrected chi connectivity index (χ1v) is 12.4. The van der Waals surface area contributed by atoms with Gasteiger partial charge in [-0.1, -0.05) is 30.3 Å². The van der Waals surface area contributed by atoms with Gasteiger partial charge in [-0.15, -0.1) is 0 Å². The molecule has 0 aliphatic heterocycles. The Labute approximate surface area is 200 Å². The van der Waals surface area contributed by atoms with E-state index < -0.39 is 10.0 Å². The maximum atomic E-state index is 13.2. The van der Waals surface area contributed by atoms with Gasteiger partial charge in [0.25, 0.3) is 0 Å². The number of nitrogens with zero attached hydrogens (tertiary/aromatic N) is 1. The van der Waals surface area contributed by atoms with Crippen LogP contribution in [0.25, 0.3) is 10.9 Å². The molecule has 178 valence electrons. The SMILES string of the molecule is COc1ccc(S(=O)(=O)NC[C@H](c2ccc(N(C)C)cc2)c2c[nH]c3ccccc23)cc1OC. The topological polar surface area (TPSA) is 83.7 Å². The molecule has 0 fully saturated rings. The molecule has 0 saturated heterocycles. The van der Waals surface area contributed by atoms with Crippen LogP contribution in [0.5, 0.6) is 11.5 Å². The van der Waals surface area contributed by atoms with Crippen molar-refractivity contribution in [3.63, 3.8) is 0 Å². The molecular formula is C26H29N3O4S. The van der Waals surface area contributed by atoms with Crippen LogP contribution in [0.15, 0.2) is 77.8 Å². The number of hydrogen-bond acceptors (Lipinski definition) is 5. The lowest BCUT2D eigenvalue weighted by Crippen LogP contribution is -2.29. The quantitative estimate of drug-likeness (QED) is 0.373. The molecule has 0 amide bonds. The molecule has 0 aliphatic rings. The molecule has 0 radical (unpaired) electrons. The normalized spacial score (nSPS) is 12.5. The third kappa shape index (κ3) is 4.73. The lowest BCUT2D eigenvalue weighted by Gasteiger charge is -2.20. The van der Waals surface area contributed by atoms with Crippen molar-refractivity contribution in [2.75, 3.05) is 39.8 Å². The van der Waals surface area contributed by atoms with Crippen molar-refractivity contribution >= 4 is 26.6 Å². The number of nitrogens with one attached hydrogen (secondary N) is 2. The molecule has 0 saturated carbocycles. The Morgan fingerprint density at radius 3 is 2.32 bits per heavy atom. The number of rotatable bonds is 9. The molecule has 7 nitrogen and oxygen atoms in total. The molecule has 4 aromatic rings. The van der Waals surface area contributed by atoms with E-state index in [2.05, 4.69) is 9.71 Å². The van der Waals surface area contributed by atoms with Crippen LogP contribution in [0.1, 0.15) is 17.0 Å². The fourth-order valence-corrected chi connectivity index (χ4v) is 5.12. The molecule has 0 bridgehead atoms. The summed E-state index contributed by atoms with van der Waals surface area (Å²) >= 11 is 0. The van der Waals surface area contributed by atoms with Gasteiger partial charge in [0.05, 0.1) is 19.1 Å². The Morgan fingerprint density at radius 1 is 0.941 bits per heavy atom. The predicted molar refractivity (Wildman–Crippen MR) is 136 cm³/mol. The summed E-state index contributed by atoms with van der Waals surface area (Å²) in [5.41, 5.74) is 4.14. The Hall–Kier alpha value is -3.49.